The second kappa shape index (κ2) is 17.2. The lowest BCUT2D eigenvalue weighted by Gasteiger charge is -2.52. The highest BCUT2D eigenvalue weighted by Crippen LogP contribution is 2.41. The minimum atomic E-state index is -2.27. The highest BCUT2D eigenvalue weighted by molar-refractivity contribution is 5.78. The molecule has 4 aliphatic heterocycles. The number of aliphatic hydroxyl groups is 1. The van der Waals surface area contributed by atoms with E-state index in [-0.39, 0.29) is 6.42 Å². The first-order chi connectivity index (χ1) is 24.0. The van der Waals surface area contributed by atoms with Crippen LogP contribution in [0.2, 0.25) is 0 Å². The third-order valence-corrected chi connectivity index (χ3v) is 8.88. The maximum atomic E-state index is 13.9. The zero-order chi connectivity index (χ0) is 37.7. The van der Waals surface area contributed by atoms with Gasteiger partial charge in [-0.3, -0.25) is 24.1 Å². The Balaban J connectivity index is 1.81. The van der Waals surface area contributed by atoms with Crippen molar-refractivity contribution in [1.29, 1.82) is 0 Å². The van der Waals surface area contributed by atoms with Crippen LogP contribution in [-0.4, -0.2) is 166 Å². The number of carbonyl (C=O) groups is 5. The van der Waals surface area contributed by atoms with Gasteiger partial charge in [-0.15, -0.1) is 0 Å². The quantitative estimate of drug-likeness (QED) is 0.163. The number of aliphatic hydroxyl groups excluding tert-OH is 1. The molecule has 1 amide bonds. The Kier molecular flexibility index (Phi) is 13.8. The van der Waals surface area contributed by atoms with E-state index in [2.05, 4.69) is 5.32 Å². The topological polar surface area (TPSA) is 222 Å². The Morgan fingerprint density at radius 3 is 2.14 bits per heavy atom. The molecular formula is C32H50N2O17. The summed E-state index contributed by atoms with van der Waals surface area (Å²) in [5, 5.41) is 13.7. The highest BCUT2D eigenvalue weighted by Gasteiger charge is 2.61. The van der Waals surface area contributed by atoms with Crippen LogP contribution < -0.4 is 5.32 Å². The summed E-state index contributed by atoms with van der Waals surface area (Å²) in [6.45, 7) is 8.38. The van der Waals surface area contributed by atoms with Crippen molar-refractivity contribution < 1.29 is 81.2 Å². The molecule has 0 aromatic heterocycles. The van der Waals surface area contributed by atoms with Gasteiger partial charge in [-0.1, -0.05) is 0 Å². The summed E-state index contributed by atoms with van der Waals surface area (Å²) >= 11 is 0. The molecule has 2 N–H and O–H groups in total. The van der Waals surface area contributed by atoms with Gasteiger partial charge in [0.1, 0.15) is 37.1 Å². The number of nitrogens with one attached hydrogen (secondary N) is 1. The van der Waals surface area contributed by atoms with Crippen LogP contribution in [0.4, 0.5) is 0 Å². The minimum absolute atomic E-state index is 0.226. The van der Waals surface area contributed by atoms with Crippen molar-refractivity contribution in [3.63, 3.8) is 0 Å². The lowest BCUT2D eigenvalue weighted by atomic mass is 9.85. The monoisotopic (exact) mass is 734 g/mol. The summed E-state index contributed by atoms with van der Waals surface area (Å²) in [7, 11) is 2.47. The molecular weight excluding hydrogens is 684 g/mol. The molecule has 4 rings (SSSR count). The molecule has 4 saturated heterocycles. The summed E-state index contributed by atoms with van der Waals surface area (Å²) in [4.78, 5) is 65.5. The number of hydrogen-bond acceptors (Lipinski definition) is 18. The SMILES string of the molecule is COC(=O)[C@@]1(OC[C@H]2O[C@H](OC)[C@H](O)[C@H]3OC(C)(C)O[C@H]32)C[C@H](N2CCOCC2)[C@@H](NC(C)=O)[C@H]([C@H](OC(C)=O)[C@@H](COC(C)=O)OC(C)=O)O1. The second-order valence-corrected chi connectivity index (χ2v) is 13.1. The van der Waals surface area contributed by atoms with Gasteiger partial charge < -0.3 is 62.5 Å². The number of methoxy groups -OCH3 is 2. The third kappa shape index (κ3) is 9.91. The fourth-order valence-electron chi connectivity index (χ4n) is 6.91. The van der Waals surface area contributed by atoms with E-state index in [9.17, 15) is 29.1 Å². The fourth-order valence-corrected chi connectivity index (χ4v) is 6.91. The number of fused-ring (bicyclic) bond motifs is 1. The number of esters is 4. The average molecular weight is 735 g/mol. The van der Waals surface area contributed by atoms with Crippen LogP contribution in [0, 0.1) is 0 Å². The molecule has 0 aliphatic carbocycles. The lowest BCUT2D eigenvalue weighted by Crippen LogP contribution is -2.72. The van der Waals surface area contributed by atoms with Crippen LogP contribution in [0.1, 0.15) is 48.0 Å². The van der Waals surface area contributed by atoms with E-state index in [4.69, 9.17) is 52.1 Å². The minimum Gasteiger partial charge on any atom is -0.465 e. The van der Waals surface area contributed by atoms with Crippen LogP contribution in [0.5, 0.6) is 0 Å². The van der Waals surface area contributed by atoms with E-state index >= 15 is 0 Å². The van der Waals surface area contributed by atoms with Crippen molar-refractivity contribution >= 4 is 29.8 Å². The fraction of sp³-hybridized carbons (Fsp3) is 0.844. The Morgan fingerprint density at radius 1 is 0.922 bits per heavy atom. The molecule has 0 aromatic rings. The number of amides is 1. The van der Waals surface area contributed by atoms with Gasteiger partial charge in [0.25, 0.3) is 5.79 Å². The van der Waals surface area contributed by atoms with Gasteiger partial charge in [-0.2, -0.15) is 0 Å². The Bertz CT molecular complexity index is 1260. The smallest absolute Gasteiger partial charge is 0.366 e. The van der Waals surface area contributed by atoms with Crippen LogP contribution in [0.25, 0.3) is 0 Å². The van der Waals surface area contributed by atoms with Crippen molar-refractivity contribution in [2.45, 2.75) is 121 Å². The zero-order valence-electron chi connectivity index (χ0n) is 30.1. The number of rotatable bonds is 13. The zero-order valence-corrected chi connectivity index (χ0v) is 30.1. The van der Waals surface area contributed by atoms with Gasteiger partial charge in [0.2, 0.25) is 5.91 Å². The first-order valence-corrected chi connectivity index (χ1v) is 16.7. The molecule has 0 spiro atoms. The lowest BCUT2D eigenvalue weighted by molar-refractivity contribution is -0.329. The maximum Gasteiger partial charge on any atom is 0.366 e. The molecule has 19 nitrogen and oxygen atoms in total. The first-order valence-electron chi connectivity index (χ1n) is 16.7. The Labute approximate surface area is 295 Å². The van der Waals surface area contributed by atoms with Crippen LogP contribution >= 0.6 is 0 Å². The Hall–Kier alpha value is -3.01. The molecule has 4 heterocycles. The van der Waals surface area contributed by atoms with Crippen molar-refractivity contribution in [2.75, 3.05) is 53.7 Å². The number of hydrogen-bond donors (Lipinski definition) is 2. The summed E-state index contributed by atoms with van der Waals surface area (Å²) in [6.07, 6.45) is -9.85. The van der Waals surface area contributed by atoms with E-state index in [0.717, 1.165) is 27.9 Å². The van der Waals surface area contributed by atoms with E-state index in [1.807, 2.05) is 4.90 Å². The molecule has 0 saturated carbocycles. The highest BCUT2D eigenvalue weighted by atomic mass is 16.8. The molecule has 19 heteroatoms. The normalized spacial score (nSPS) is 34.7. The maximum absolute atomic E-state index is 13.9. The first kappa shape index (κ1) is 40.8. The van der Waals surface area contributed by atoms with E-state index in [0.29, 0.717) is 26.3 Å². The van der Waals surface area contributed by atoms with Gasteiger partial charge in [0.05, 0.1) is 33.0 Å². The van der Waals surface area contributed by atoms with Crippen molar-refractivity contribution in [2.24, 2.45) is 0 Å². The number of nitrogens with zero attached hydrogens (tertiary/aromatic N) is 1. The molecule has 0 radical (unpaired) electrons. The predicted molar refractivity (Wildman–Crippen MR) is 167 cm³/mol. The molecule has 0 unspecified atom stereocenters. The number of morpholine rings is 1. The van der Waals surface area contributed by atoms with Gasteiger partial charge >= 0.3 is 23.9 Å². The molecule has 4 fully saturated rings. The number of carbonyl (C=O) groups excluding carboxylic acids is 5. The molecule has 11 atom stereocenters. The number of ether oxygens (including phenoxy) is 11. The van der Waals surface area contributed by atoms with Crippen molar-refractivity contribution in [1.82, 2.24) is 10.2 Å². The van der Waals surface area contributed by atoms with E-state index < -0.39 is 116 Å². The van der Waals surface area contributed by atoms with Crippen LogP contribution in [0.15, 0.2) is 0 Å². The van der Waals surface area contributed by atoms with Gasteiger partial charge in [-0.25, -0.2) is 4.79 Å². The predicted octanol–water partition coefficient (Wildman–Crippen LogP) is -1.45. The molecule has 4 aliphatic rings. The Morgan fingerprint density at radius 2 is 1.57 bits per heavy atom. The van der Waals surface area contributed by atoms with Gasteiger partial charge in [-0.05, 0) is 13.8 Å². The van der Waals surface area contributed by atoms with E-state index in [1.54, 1.807) is 13.8 Å². The van der Waals surface area contributed by atoms with Crippen LogP contribution in [0.3, 0.4) is 0 Å². The summed E-state index contributed by atoms with van der Waals surface area (Å²) in [5.74, 6) is -7.23. The van der Waals surface area contributed by atoms with Crippen molar-refractivity contribution in [3.05, 3.63) is 0 Å². The van der Waals surface area contributed by atoms with Gasteiger partial charge in [0, 0.05) is 60.4 Å². The van der Waals surface area contributed by atoms with E-state index in [1.165, 1.54) is 14.0 Å². The summed E-state index contributed by atoms with van der Waals surface area (Å²) in [6, 6.07) is -1.80. The molecule has 0 aromatic carbocycles. The molecule has 51 heavy (non-hydrogen) atoms. The van der Waals surface area contributed by atoms with Crippen LogP contribution in [-0.2, 0) is 76.1 Å². The largest absolute Gasteiger partial charge is 0.465 e. The molecule has 0 bridgehead atoms. The standard InChI is InChI=1S/C32H50N2O17/c1-16(35)33-23-20(34-9-11-43-12-10-34)13-32(30(40)42-8,45-15-22-26-28(50-31(5,6)49-26)24(39)29(41-7)48-22)51-27(23)25(47-19(4)38)21(46-18(3)37)14-44-17(2)36/h20-29,39H,9-15H2,1-8H3,(H,33,35)/t20-,21+,22+,23+,24+,25+,26-,27+,28+,29-,32+/m0/s1. The van der Waals surface area contributed by atoms with Gasteiger partial charge in [0.15, 0.2) is 24.3 Å². The molecule has 290 valence electrons. The van der Waals surface area contributed by atoms with Crippen molar-refractivity contribution in [3.8, 4) is 0 Å². The average Bonchev–Trinajstić information content (AvgIpc) is 3.41. The summed E-state index contributed by atoms with van der Waals surface area (Å²) in [5.41, 5.74) is 0. The second-order valence-electron chi connectivity index (χ2n) is 13.1. The third-order valence-electron chi connectivity index (χ3n) is 8.88. The summed E-state index contributed by atoms with van der Waals surface area (Å²) < 4.78 is 63.5.